The Morgan fingerprint density at radius 3 is 2.69 bits per heavy atom. The van der Waals surface area contributed by atoms with Crippen LogP contribution in [0.4, 0.5) is 0 Å². The minimum atomic E-state index is 0.240. The van der Waals surface area contributed by atoms with Crippen LogP contribution in [0.15, 0.2) is 18.5 Å². The van der Waals surface area contributed by atoms with Gasteiger partial charge in [-0.25, -0.2) is 9.97 Å². The van der Waals surface area contributed by atoms with Gasteiger partial charge in [-0.2, -0.15) is 0 Å². The molecule has 0 unspecified atom stereocenters. The van der Waals surface area contributed by atoms with Crippen LogP contribution in [0.3, 0.4) is 0 Å². The Labute approximate surface area is 77.9 Å². The maximum absolute atomic E-state index is 8.51. The second-order valence-corrected chi connectivity index (χ2v) is 2.55. The highest BCUT2D eigenvalue weighted by atomic mass is 16.2. The van der Waals surface area contributed by atoms with Crippen molar-refractivity contribution in [3.63, 3.8) is 0 Å². The maximum Gasteiger partial charge on any atom is 0.204 e. The number of hydrogen-bond donors (Lipinski definition) is 1. The average Bonchev–Trinajstić information content (AvgIpc) is 2.19. The predicted molar refractivity (Wildman–Crippen MR) is 49.8 cm³/mol. The summed E-state index contributed by atoms with van der Waals surface area (Å²) in [4.78, 5) is 7.92. The first-order valence-electron chi connectivity index (χ1n) is 4.30. The first-order valence-corrected chi connectivity index (χ1v) is 4.30. The van der Waals surface area contributed by atoms with E-state index in [9.17, 15) is 0 Å². The second kappa shape index (κ2) is 6.15. The highest BCUT2D eigenvalue weighted by molar-refractivity contribution is 5.19. The SMILES string of the molecule is OCCCCC#Cc1ncccn1. The van der Waals surface area contributed by atoms with Crippen LogP contribution in [0.5, 0.6) is 0 Å². The van der Waals surface area contributed by atoms with Crippen LogP contribution in [0.1, 0.15) is 25.1 Å². The van der Waals surface area contributed by atoms with E-state index in [0.29, 0.717) is 5.82 Å². The Bertz CT molecular complexity index is 287. The zero-order chi connectivity index (χ0) is 9.36. The Morgan fingerprint density at radius 2 is 2.00 bits per heavy atom. The molecular formula is C10H12N2O. The summed E-state index contributed by atoms with van der Waals surface area (Å²) < 4.78 is 0. The zero-order valence-corrected chi connectivity index (χ0v) is 7.40. The second-order valence-electron chi connectivity index (χ2n) is 2.55. The molecule has 13 heavy (non-hydrogen) atoms. The summed E-state index contributed by atoms with van der Waals surface area (Å²) in [5.74, 6) is 6.36. The van der Waals surface area contributed by atoms with Gasteiger partial charge in [0, 0.05) is 25.4 Å². The molecule has 1 aromatic heterocycles. The molecule has 0 aliphatic rings. The number of aliphatic hydroxyl groups excluding tert-OH is 1. The minimum Gasteiger partial charge on any atom is -0.396 e. The first kappa shape index (κ1) is 9.69. The molecular weight excluding hydrogens is 164 g/mol. The maximum atomic E-state index is 8.51. The van der Waals surface area contributed by atoms with E-state index in [2.05, 4.69) is 21.8 Å². The van der Waals surface area contributed by atoms with E-state index in [1.54, 1.807) is 18.5 Å². The summed E-state index contributed by atoms with van der Waals surface area (Å²) in [5.41, 5.74) is 0. The third-order valence-electron chi connectivity index (χ3n) is 1.48. The molecule has 1 N–H and O–H groups in total. The molecule has 0 aliphatic carbocycles. The van der Waals surface area contributed by atoms with Crippen LogP contribution >= 0.6 is 0 Å². The third-order valence-corrected chi connectivity index (χ3v) is 1.48. The van der Waals surface area contributed by atoms with Crippen molar-refractivity contribution >= 4 is 0 Å². The fraction of sp³-hybridized carbons (Fsp3) is 0.400. The summed E-state index contributed by atoms with van der Waals surface area (Å²) in [6.07, 6.45) is 5.87. The van der Waals surface area contributed by atoms with Gasteiger partial charge in [-0.1, -0.05) is 5.92 Å². The van der Waals surface area contributed by atoms with Crippen molar-refractivity contribution in [1.82, 2.24) is 9.97 Å². The molecule has 1 heterocycles. The Kier molecular flexibility index (Phi) is 4.58. The number of unbranched alkanes of at least 4 members (excludes halogenated alkanes) is 2. The lowest BCUT2D eigenvalue weighted by Gasteiger charge is -1.88. The molecule has 0 saturated heterocycles. The topological polar surface area (TPSA) is 46.0 Å². The van der Waals surface area contributed by atoms with Crippen molar-refractivity contribution < 1.29 is 5.11 Å². The average molecular weight is 176 g/mol. The molecule has 0 fully saturated rings. The van der Waals surface area contributed by atoms with Crippen LogP contribution < -0.4 is 0 Å². The van der Waals surface area contributed by atoms with E-state index < -0.39 is 0 Å². The Balaban J connectivity index is 2.31. The molecule has 0 aromatic carbocycles. The standard InChI is InChI=1S/C10H12N2O/c13-9-4-2-1-3-6-10-11-7-5-8-12-10/h5,7-8,13H,1-2,4,9H2. The number of aliphatic hydroxyl groups is 1. The number of rotatable bonds is 3. The normalized spacial score (nSPS) is 9.00. The monoisotopic (exact) mass is 176 g/mol. The highest BCUT2D eigenvalue weighted by Gasteiger charge is 1.85. The van der Waals surface area contributed by atoms with Gasteiger partial charge in [0.1, 0.15) is 0 Å². The van der Waals surface area contributed by atoms with Crippen molar-refractivity contribution in [3.8, 4) is 11.8 Å². The molecule has 0 radical (unpaired) electrons. The minimum absolute atomic E-state index is 0.240. The van der Waals surface area contributed by atoms with Gasteiger partial charge in [0.2, 0.25) is 5.82 Å². The van der Waals surface area contributed by atoms with E-state index in [1.807, 2.05) is 0 Å². The van der Waals surface area contributed by atoms with Gasteiger partial charge < -0.3 is 5.11 Å². The molecule has 3 nitrogen and oxygen atoms in total. The quantitative estimate of drug-likeness (QED) is 0.552. The molecule has 1 aromatic rings. The zero-order valence-electron chi connectivity index (χ0n) is 7.40. The van der Waals surface area contributed by atoms with Crippen molar-refractivity contribution in [1.29, 1.82) is 0 Å². The summed E-state index contributed by atoms with van der Waals surface area (Å²) >= 11 is 0. The lowest BCUT2D eigenvalue weighted by Crippen LogP contribution is -1.85. The van der Waals surface area contributed by atoms with E-state index in [-0.39, 0.29) is 6.61 Å². The molecule has 68 valence electrons. The van der Waals surface area contributed by atoms with Crippen LogP contribution in [-0.4, -0.2) is 21.7 Å². The lowest BCUT2D eigenvalue weighted by atomic mass is 10.2. The molecule has 0 atom stereocenters. The Hall–Kier alpha value is -1.40. The summed E-state index contributed by atoms with van der Waals surface area (Å²) in [6.45, 7) is 0.240. The number of aromatic nitrogens is 2. The van der Waals surface area contributed by atoms with Crippen LogP contribution in [-0.2, 0) is 0 Å². The van der Waals surface area contributed by atoms with E-state index >= 15 is 0 Å². The van der Waals surface area contributed by atoms with Gasteiger partial charge in [0.25, 0.3) is 0 Å². The lowest BCUT2D eigenvalue weighted by molar-refractivity contribution is 0.285. The van der Waals surface area contributed by atoms with Gasteiger partial charge in [-0.15, -0.1) is 0 Å². The molecule has 0 bridgehead atoms. The summed E-state index contributed by atoms with van der Waals surface area (Å²) in [6, 6.07) is 1.76. The predicted octanol–water partition coefficient (Wildman–Crippen LogP) is 0.991. The van der Waals surface area contributed by atoms with Gasteiger partial charge in [0.15, 0.2) is 0 Å². The molecule has 0 amide bonds. The van der Waals surface area contributed by atoms with Crippen LogP contribution in [0, 0.1) is 11.8 Å². The smallest absolute Gasteiger partial charge is 0.204 e. The third kappa shape index (κ3) is 4.24. The van der Waals surface area contributed by atoms with Gasteiger partial charge in [0.05, 0.1) is 0 Å². The van der Waals surface area contributed by atoms with Crippen molar-refractivity contribution in [2.24, 2.45) is 0 Å². The van der Waals surface area contributed by atoms with E-state index in [4.69, 9.17) is 5.11 Å². The van der Waals surface area contributed by atoms with E-state index in [1.165, 1.54) is 0 Å². The fourth-order valence-electron chi connectivity index (χ4n) is 0.830. The van der Waals surface area contributed by atoms with Crippen molar-refractivity contribution in [3.05, 3.63) is 24.3 Å². The first-order chi connectivity index (χ1) is 6.43. The van der Waals surface area contributed by atoms with Crippen molar-refractivity contribution in [2.45, 2.75) is 19.3 Å². The van der Waals surface area contributed by atoms with Gasteiger partial charge >= 0.3 is 0 Å². The highest BCUT2D eigenvalue weighted by Crippen LogP contribution is 1.92. The molecule has 3 heteroatoms. The number of nitrogens with zero attached hydrogens (tertiary/aromatic N) is 2. The summed E-state index contributed by atoms with van der Waals surface area (Å²) in [5, 5.41) is 8.51. The Morgan fingerprint density at radius 1 is 1.23 bits per heavy atom. The molecule has 1 rings (SSSR count). The molecule has 0 saturated carbocycles. The van der Waals surface area contributed by atoms with Crippen molar-refractivity contribution in [2.75, 3.05) is 6.61 Å². The van der Waals surface area contributed by atoms with Gasteiger partial charge in [-0.05, 0) is 24.8 Å². The largest absolute Gasteiger partial charge is 0.396 e. The van der Waals surface area contributed by atoms with E-state index in [0.717, 1.165) is 19.3 Å². The van der Waals surface area contributed by atoms with Gasteiger partial charge in [-0.3, -0.25) is 0 Å². The fourth-order valence-corrected chi connectivity index (χ4v) is 0.830. The summed E-state index contributed by atoms with van der Waals surface area (Å²) in [7, 11) is 0. The molecule has 0 aliphatic heterocycles. The van der Waals surface area contributed by atoms with Crippen LogP contribution in [0.25, 0.3) is 0 Å². The molecule has 0 spiro atoms. The van der Waals surface area contributed by atoms with Crippen LogP contribution in [0.2, 0.25) is 0 Å². The number of hydrogen-bond acceptors (Lipinski definition) is 3.